The van der Waals surface area contributed by atoms with Crippen LogP contribution in [0.4, 0.5) is 5.82 Å². The minimum Gasteiger partial charge on any atom is -0.454 e. The van der Waals surface area contributed by atoms with Gasteiger partial charge in [0.15, 0.2) is 11.5 Å². The number of rotatable bonds is 1. The molecule has 4 nitrogen and oxygen atoms in total. The van der Waals surface area contributed by atoms with Crippen LogP contribution in [-0.2, 0) is 0 Å². The van der Waals surface area contributed by atoms with Crippen molar-refractivity contribution in [1.29, 1.82) is 0 Å². The van der Waals surface area contributed by atoms with Gasteiger partial charge >= 0.3 is 0 Å². The van der Waals surface area contributed by atoms with Gasteiger partial charge in [0.1, 0.15) is 5.82 Å². The zero-order chi connectivity index (χ0) is 12.0. The fourth-order valence-electron chi connectivity index (χ4n) is 2.06. The van der Waals surface area contributed by atoms with Crippen LogP contribution in [0.25, 0.3) is 10.9 Å². The summed E-state index contributed by atoms with van der Waals surface area (Å²) in [5, 5.41) is 1.03. The number of pyridine rings is 1. The molecule has 0 bridgehead atoms. The molecular formula is C13H14N2O2. The molecule has 2 aromatic rings. The van der Waals surface area contributed by atoms with Crippen molar-refractivity contribution in [3.05, 3.63) is 23.8 Å². The Bertz CT molecular complexity index is 593. The minimum absolute atomic E-state index is 0.276. The molecule has 1 aliphatic heterocycles. The van der Waals surface area contributed by atoms with E-state index in [2.05, 4.69) is 24.9 Å². The lowest BCUT2D eigenvalue weighted by atomic mass is 10.0. The predicted molar refractivity (Wildman–Crippen MR) is 66.4 cm³/mol. The van der Waals surface area contributed by atoms with E-state index in [1.807, 2.05) is 12.1 Å². The molecule has 0 saturated carbocycles. The van der Waals surface area contributed by atoms with Crippen LogP contribution in [0.15, 0.2) is 18.2 Å². The van der Waals surface area contributed by atoms with Crippen LogP contribution in [0.1, 0.15) is 25.3 Å². The summed E-state index contributed by atoms with van der Waals surface area (Å²) in [7, 11) is 0. The number of hydrogen-bond acceptors (Lipinski definition) is 4. The number of nitrogens with zero attached hydrogens (tertiary/aromatic N) is 1. The third kappa shape index (κ3) is 1.56. The van der Waals surface area contributed by atoms with E-state index in [1.165, 1.54) is 0 Å². The molecule has 0 fully saturated rings. The lowest BCUT2D eigenvalue weighted by Crippen LogP contribution is -1.99. The third-order valence-corrected chi connectivity index (χ3v) is 2.99. The van der Waals surface area contributed by atoms with E-state index in [-0.39, 0.29) is 6.79 Å². The molecule has 1 aliphatic rings. The Morgan fingerprint density at radius 3 is 2.59 bits per heavy atom. The topological polar surface area (TPSA) is 57.4 Å². The standard InChI is InChI=1S/C13H14N2O2/c1-7(2)9-3-8-4-11-12(17-6-16-11)5-10(8)15-13(9)14/h3-5,7H,6H2,1-2H3,(H2,14,15). The van der Waals surface area contributed by atoms with Gasteiger partial charge in [-0.2, -0.15) is 0 Å². The Morgan fingerprint density at radius 2 is 1.88 bits per heavy atom. The molecule has 1 aromatic carbocycles. The summed E-state index contributed by atoms with van der Waals surface area (Å²) in [6, 6.07) is 5.90. The average molecular weight is 230 g/mol. The van der Waals surface area contributed by atoms with Crippen LogP contribution in [0.2, 0.25) is 0 Å². The van der Waals surface area contributed by atoms with Gasteiger partial charge in [-0.25, -0.2) is 4.98 Å². The average Bonchev–Trinajstić information content (AvgIpc) is 2.71. The second-order valence-electron chi connectivity index (χ2n) is 4.52. The van der Waals surface area contributed by atoms with Gasteiger partial charge in [0, 0.05) is 11.5 Å². The van der Waals surface area contributed by atoms with Crippen molar-refractivity contribution >= 4 is 16.7 Å². The number of ether oxygens (including phenoxy) is 2. The molecular weight excluding hydrogens is 216 g/mol. The van der Waals surface area contributed by atoms with Crippen LogP contribution in [0, 0.1) is 0 Å². The monoisotopic (exact) mass is 230 g/mol. The first kappa shape index (κ1) is 10.2. The maximum absolute atomic E-state index is 5.95. The van der Waals surface area contributed by atoms with E-state index in [9.17, 15) is 0 Å². The molecule has 2 N–H and O–H groups in total. The van der Waals surface area contributed by atoms with Crippen molar-refractivity contribution in [1.82, 2.24) is 4.98 Å². The summed E-state index contributed by atoms with van der Waals surface area (Å²) >= 11 is 0. The van der Waals surface area contributed by atoms with Crippen LogP contribution in [0.5, 0.6) is 11.5 Å². The molecule has 1 aromatic heterocycles. The first-order valence-corrected chi connectivity index (χ1v) is 5.65. The molecule has 2 heterocycles. The largest absolute Gasteiger partial charge is 0.454 e. The fourth-order valence-corrected chi connectivity index (χ4v) is 2.06. The lowest BCUT2D eigenvalue weighted by molar-refractivity contribution is 0.174. The van der Waals surface area contributed by atoms with Gasteiger partial charge in [-0.15, -0.1) is 0 Å². The van der Waals surface area contributed by atoms with Gasteiger partial charge in [0.25, 0.3) is 0 Å². The van der Waals surface area contributed by atoms with Gasteiger partial charge in [-0.3, -0.25) is 0 Å². The second kappa shape index (κ2) is 3.52. The molecule has 0 radical (unpaired) electrons. The SMILES string of the molecule is CC(C)c1cc2cc3c(cc2nc1N)OCO3. The second-order valence-corrected chi connectivity index (χ2v) is 4.52. The van der Waals surface area contributed by atoms with Gasteiger partial charge in [0.2, 0.25) is 6.79 Å². The molecule has 88 valence electrons. The summed E-state index contributed by atoms with van der Waals surface area (Å²) < 4.78 is 10.7. The van der Waals surface area contributed by atoms with Crippen molar-refractivity contribution < 1.29 is 9.47 Å². The summed E-state index contributed by atoms with van der Waals surface area (Å²) in [6.45, 7) is 4.48. The van der Waals surface area contributed by atoms with Gasteiger partial charge < -0.3 is 15.2 Å². The molecule has 0 unspecified atom stereocenters. The quantitative estimate of drug-likeness (QED) is 0.818. The van der Waals surface area contributed by atoms with E-state index in [0.29, 0.717) is 11.7 Å². The molecule has 0 saturated heterocycles. The van der Waals surface area contributed by atoms with Gasteiger partial charge in [-0.05, 0) is 23.6 Å². The van der Waals surface area contributed by atoms with Crippen LogP contribution in [0.3, 0.4) is 0 Å². The highest BCUT2D eigenvalue weighted by Gasteiger charge is 2.16. The summed E-state index contributed by atoms with van der Waals surface area (Å²) in [6.07, 6.45) is 0. The van der Waals surface area contributed by atoms with Crippen LogP contribution in [-0.4, -0.2) is 11.8 Å². The maximum Gasteiger partial charge on any atom is 0.231 e. The Morgan fingerprint density at radius 1 is 1.18 bits per heavy atom. The fraction of sp³-hybridized carbons (Fsp3) is 0.308. The van der Waals surface area contributed by atoms with Crippen molar-refractivity contribution in [3.63, 3.8) is 0 Å². The maximum atomic E-state index is 5.95. The van der Waals surface area contributed by atoms with Crippen LogP contribution >= 0.6 is 0 Å². The molecule has 0 atom stereocenters. The summed E-state index contributed by atoms with van der Waals surface area (Å²) in [4.78, 5) is 4.42. The smallest absolute Gasteiger partial charge is 0.231 e. The third-order valence-electron chi connectivity index (χ3n) is 2.99. The van der Waals surface area contributed by atoms with E-state index in [1.54, 1.807) is 0 Å². The number of fused-ring (bicyclic) bond motifs is 2. The molecule has 0 spiro atoms. The van der Waals surface area contributed by atoms with Crippen molar-refractivity contribution in [2.45, 2.75) is 19.8 Å². The number of aromatic nitrogens is 1. The Labute approximate surface area is 99.4 Å². The Kier molecular flexibility index (Phi) is 2.11. The summed E-state index contributed by atoms with van der Waals surface area (Å²) in [5.41, 5.74) is 7.86. The molecule has 0 amide bonds. The van der Waals surface area contributed by atoms with Gasteiger partial charge in [0.05, 0.1) is 5.52 Å². The Hall–Kier alpha value is -1.97. The number of anilines is 1. The van der Waals surface area contributed by atoms with Crippen LogP contribution < -0.4 is 15.2 Å². The van der Waals surface area contributed by atoms with Crippen molar-refractivity contribution in [3.8, 4) is 11.5 Å². The van der Waals surface area contributed by atoms with E-state index in [0.717, 1.165) is 28.0 Å². The number of nitrogen functional groups attached to an aromatic ring is 1. The zero-order valence-electron chi connectivity index (χ0n) is 9.86. The molecule has 4 heteroatoms. The number of hydrogen-bond donors (Lipinski definition) is 1. The molecule has 3 rings (SSSR count). The molecule has 17 heavy (non-hydrogen) atoms. The van der Waals surface area contributed by atoms with E-state index in [4.69, 9.17) is 15.2 Å². The highest BCUT2D eigenvalue weighted by Crippen LogP contribution is 2.37. The van der Waals surface area contributed by atoms with E-state index >= 15 is 0 Å². The summed E-state index contributed by atoms with van der Waals surface area (Å²) in [5.74, 6) is 2.46. The number of benzene rings is 1. The first-order chi connectivity index (χ1) is 8.15. The molecule has 0 aliphatic carbocycles. The van der Waals surface area contributed by atoms with Crippen molar-refractivity contribution in [2.75, 3.05) is 12.5 Å². The highest BCUT2D eigenvalue weighted by molar-refractivity contribution is 5.85. The Balaban J connectivity index is 2.25. The normalized spacial score (nSPS) is 13.6. The number of nitrogens with two attached hydrogens (primary N) is 1. The first-order valence-electron chi connectivity index (χ1n) is 5.65. The predicted octanol–water partition coefficient (Wildman–Crippen LogP) is 2.67. The van der Waals surface area contributed by atoms with Gasteiger partial charge in [-0.1, -0.05) is 13.8 Å². The highest BCUT2D eigenvalue weighted by atomic mass is 16.7. The van der Waals surface area contributed by atoms with Crippen molar-refractivity contribution in [2.24, 2.45) is 0 Å². The van der Waals surface area contributed by atoms with E-state index < -0.39 is 0 Å². The minimum atomic E-state index is 0.276. The zero-order valence-corrected chi connectivity index (χ0v) is 9.86. The lowest BCUT2D eigenvalue weighted by Gasteiger charge is -2.10.